The van der Waals surface area contributed by atoms with Gasteiger partial charge in [0.05, 0.1) is 0 Å². The van der Waals surface area contributed by atoms with Crippen molar-refractivity contribution in [3.05, 3.63) is 0 Å². The van der Waals surface area contributed by atoms with Crippen molar-refractivity contribution in [1.82, 2.24) is 4.67 Å². The number of carbonyl (C=O) groups is 1. The molecule has 0 fully saturated rings. The number of amides is 1. The highest BCUT2D eigenvalue weighted by Gasteiger charge is 1.93. The van der Waals surface area contributed by atoms with E-state index in [4.69, 9.17) is 0 Å². The summed E-state index contributed by atoms with van der Waals surface area (Å²) in [6.07, 6.45) is 0. The van der Waals surface area contributed by atoms with Crippen LogP contribution in [0.25, 0.3) is 0 Å². The van der Waals surface area contributed by atoms with Gasteiger partial charge in [0, 0.05) is 13.5 Å². The Kier molecular flexibility index (Phi) is 2.93. The van der Waals surface area contributed by atoms with Gasteiger partial charge in [0.1, 0.15) is 0 Å². The smallest absolute Gasteiger partial charge is 0.222 e. The van der Waals surface area contributed by atoms with E-state index in [1.807, 2.05) is 6.92 Å². The molecule has 0 spiro atoms. The highest BCUT2D eigenvalue weighted by Crippen LogP contribution is 1.94. The van der Waals surface area contributed by atoms with Crippen LogP contribution in [0.3, 0.4) is 0 Å². The molecular formula is C4H10NOP. The van der Waals surface area contributed by atoms with E-state index in [9.17, 15) is 4.79 Å². The summed E-state index contributed by atoms with van der Waals surface area (Å²) < 4.78 is 1.57. The van der Waals surface area contributed by atoms with E-state index in [2.05, 4.69) is 9.39 Å². The Bertz CT molecular complexity index is 74.1. The van der Waals surface area contributed by atoms with E-state index in [1.54, 1.807) is 4.67 Å². The second-order valence-corrected chi connectivity index (χ2v) is 1.93. The van der Waals surface area contributed by atoms with Gasteiger partial charge >= 0.3 is 0 Å². The summed E-state index contributed by atoms with van der Waals surface area (Å²) in [4.78, 5) is 10.3. The van der Waals surface area contributed by atoms with E-state index in [0.29, 0.717) is 0 Å². The summed E-state index contributed by atoms with van der Waals surface area (Å²) in [5, 5.41) is 0. The van der Waals surface area contributed by atoms with Gasteiger partial charge in [-0.3, -0.25) is 4.79 Å². The largest absolute Gasteiger partial charge is 0.328 e. The molecule has 0 aromatic rings. The van der Waals surface area contributed by atoms with E-state index in [1.165, 1.54) is 6.92 Å². The lowest BCUT2D eigenvalue weighted by Gasteiger charge is -2.08. The number of hydrogen-bond donors (Lipinski definition) is 0. The quantitative estimate of drug-likeness (QED) is 0.464. The van der Waals surface area contributed by atoms with Crippen LogP contribution < -0.4 is 0 Å². The molecule has 1 atom stereocenters. The minimum atomic E-state index is 0.0903. The molecule has 0 aliphatic heterocycles. The third kappa shape index (κ3) is 2.58. The molecule has 1 amide bonds. The van der Waals surface area contributed by atoms with Crippen LogP contribution in [0.4, 0.5) is 0 Å². The molecule has 0 aromatic carbocycles. The molecule has 7 heavy (non-hydrogen) atoms. The van der Waals surface area contributed by atoms with Gasteiger partial charge in [-0.25, -0.2) is 0 Å². The van der Waals surface area contributed by atoms with Crippen molar-refractivity contribution in [2.75, 3.05) is 6.54 Å². The molecule has 0 N–H and O–H groups in total. The van der Waals surface area contributed by atoms with Crippen molar-refractivity contribution in [2.24, 2.45) is 0 Å². The Balaban J connectivity index is 3.34. The fourth-order valence-corrected chi connectivity index (χ4v) is 0.223. The maximum atomic E-state index is 10.3. The van der Waals surface area contributed by atoms with Crippen molar-refractivity contribution in [3.8, 4) is 0 Å². The summed E-state index contributed by atoms with van der Waals surface area (Å²) in [5.41, 5.74) is 0. The van der Waals surface area contributed by atoms with Crippen molar-refractivity contribution >= 4 is 15.3 Å². The lowest BCUT2D eigenvalue weighted by molar-refractivity contribution is -0.123. The normalized spacial score (nSPS) is 8.43. The molecule has 0 radical (unpaired) electrons. The molecule has 0 heterocycles. The van der Waals surface area contributed by atoms with Gasteiger partial charge in [0.25, 0.3) is 0 Å². The van der Waals surface area contributed by atoms with Gasteiger partial charge in [0.2, 0.25) is 5.91 Å². The van der Waals surface area contributed by atoms with E-state index >= 15 is 0 Å². The third-order valence-corrected chi connectivity index (χ3v) is 1.47. The predicted molar refractivity (Wildman–Crippen MR) is 32.8 cm³/mol. The van der Waals surface area contributed by atoms with E-state index in [-0.39, 0.29) is 5.91 Å². The second kappa shape index (κ2) is 2.98. The first-order valence-electron chi connectivity index (χ1n) is 2.21. The van der Waals surface area contributed by atoms with Crippen LogP contribution in [0.15, 0.2) is 0 Å². The molecule has 0 saturated carbocycles. The Hall–Kier alpha value is -0.100. The molecule has 0 rings (SSSR count). The zero-order valence-electron chi connectivity index (χ0n) is 4.64. The van der Waals surface area contributed by atoms with Gasteiger partial charge in [-0.05, 0) is 16.3 Å². The Labute approximate surface area is 46.1 Å². The average molecular weight is 119 g/mol. The monoisotopic (exact) mass is 119 g/mol. The van der Waals surface area contributed by atoms with Crippen LogP contribution in [-0.2, 0) is 4.79 Å². The minimum absolute atomic E-state index is 0.0903. The number of rotatable bonds is 1. The Morgan fingerprint density at radius 2 is 2.29 bits per heavy atom. The van der Waals surface area contributed by atoms with Crippen LogP contribution in [0.1, 0.15) is 13.8 Å². The van der Waals surface area contributed by atoms with E-state index in [0.717, 1.165) is 6.54 Å². The zero-order valence-corrected chi connectivity index (χ0v) is 5.79. The van der Waals surface area contributed by atoms with Crippen LogP contribution in [0.2, 0.25) is 0 Å². The van der Waals surface area contributed by atoms with Crippen molar-refractivity contribution in [3.63, 3.8) is 0 Å². The lowest BCUT2D eigenvalue weighted by atomic mass is 10.6. The summed E-state index contributed by atoms with van der Waals surface area (Å²) >= 11 is 0. The topological polar surface area (TPSA) is 20.3 Å². The summed E-state index contributed by atoms with van der Waals surface area (Å²) in [5.74, 6) is 0.0903. The van der Waals surface area contributed by atoms with Crippen LogP contribution in [0, 0.1) is 0 Å². The summed E-state index contributed by atoms with van der Waals surface area (Å²) in [7, 11) is 2.33. The molecule has 0 aromatic heterocycles. The Morgan fingerprint density at radius 1 is 1.86 bits per heavy atom. The molecule has 2 nitrogen and oxygen atoms in total. The van der Waals surface area contributed by atoms with Gasteiger partial charge in [0.15, 0.2) is 0 Å². The van der Waals surface area contributed by atoms with E-state index < -0.39 is 0 Å². The molecule has 3 heteroatoms. The van der Waals surface area contributed by atoms with Crippen molar-refractivity contribution < 1.29 is 4.79 Å². The highest BCUT2D eigenvalue weighted by molar-refractivity contribution is 7.14. The van der Waals surface area contributed by atoms with Crippen LogP contribution >= 0.6 is 9.39 Å². The molecule has 0 bridgehead atoms. The van der Waals surface area contributed by atoms with Gasteiger partial charge < -0.3 is 4.67 Å². The average Bonchev–Trinajstić information content (AvgIpc) is 1.65. The summed E-state index contributed by atoms with van der Waals surface area (Å²) in [6, 6.07) is 0. The summed E-state index contributed by atoms with van der Waals surface area (Å²) in [6.45, 7) is 4.23. The zero-order chi connectivity index (χ0) is 5.86. The highest BCUT2D eigenvalue weighted by atomic mass is 31.0. The van der Waals surface area contributed by atoms with Crippen molar-refractivity contribution in [1.29, 1.82) is 0 Å². The molecular weight excluding hydrogens is 109 g/mol. The maximum absolute atomic E-state index is 10.3. The third-order valence-electron chi connectivity index (χ3n) is 0.745. The molecule has 42 valence electrons. The lowest BCUT2D eigenvalue weighted by Crippen LogP contribution is -2.15. The van der Waals surface area contributed by atoms with Gasteiger partial charge in [-0.2, -0.15) is 0 Å². The molecule has 1 unspecified atom stereocenters. The number of carbonyl (C=O) groups excluding carboxylic acids is 1. The minimum Gasteiger partial charge on any atom is -0.328 e. The molecule has 0 aliphatic carbocycles. The first-order valence-corrected chi connectivity index (χ1v) is 2.73. The second-order valence-electron chi connectivity index (χ2n) is 1.31. The molecule has 0 aliphatic rings. The van der Waals surface area contributed by atoms with Gasteiger partial charge in [-0.15, -0.1) is 0 Å². The predicted octanol–water partition coefficient (Wildman–Crippen LogP) is 0.645. The number of nitrogens with zero attached hydrogens (tertiary/aromatic N) is 1. The molecule has 0 saturated heterocycles. The first kappa shape index (κ1) is 6.90. The van der Waals surface area contributed by atoms with Crippen molar-refractivity contribution in [2.45, 2.75) is 13.8 Å². The van der Waals surface area contributed by atoms with Gasteiger partial charge in [-0.1, -0.05) is 0 Å². The van der Waals surface area contributed by atoms with Crippen LogP contribution in [0.5, 0.6) is 0 Å². The maximum Gasteiger partial charge on any atom is 0.222 e. The standard InChI is InChI=1S/C4H10NOP/c1-3-5(7)4(2)6/h3,7H2,1-2H3. The fraction of sp³-hybridized carbons (Fsp3) is 0.750. The fourth-order valence-electron chi connectivity index (χ4n) is 0.223. The SMILES string of the molecule is CCN(P)C(C)=O. The first-order chi connectivity index (χ1) is 3.18. The number of hydrogen-bond acceptors (Lipinski definition) is 1. The van der Waals surface area contributed by atoms with Crippen LogP contribution in [-0.4, -0.2) is 17.1 Å². The Morgan fingerprint density at radius 3 is 2.29 bits per heavy atom.